The summed E-state index contributed by atoms with van der Waals surface area (Å²) < 4.78 is 5.83. The number of carbonyl (C=O) groups is 1. The molecule has 5 nitrogen and oxygen atoms in total. The van der Waals surface area contributed by atoms with Gasteiger partial charge in [-0.2, -0.15) is 0 Å². The van der Waals surface area contributed by atoms with E-state index in [9.17, 15) is 4.79 Å². The van der Waals surface area contributed by atoms with Gasteiger partial charge in [0, 0.05) is 37.8 Å². The molecule has 2 aliphatic heterocycles. The van der Waals surface area contributed by atoms with Gasteiger partial charge in [0.25, 0.3) is 5.19 Å². The van der Waals surface area contributed by atoms with Crippen molar-refractivity contribution in [3.63, 3.8) is 0 Å². The Morgan fingerprint density at radius 2 is 2.05 bits per heavy atom. The molecule has 2 aliphatic rings. The van der Waals surface area contributed by atoms with E-state index in [1.54, 1.807) is 6.20 Å². The highest BCUT2D eigenvalue weighted by atomic mass is 32.1. The first-order chi connectivity index (χ1) is 9.81. The highest BCUT2D eigenvalue weighted by Crippen LogP contribution is 2.21. The van der Waals surface area contributed by atoms with Gasteiger partial charge in [-0.25, -0.2) is 4.98 Å². The van der Waals surface area contributed by atoms with E-state index in [0.29, 0.717) is 12.5 Å². The molecule has 0 radical (unpaired) electrons. The lowest BCUT2D eigenvalue weighted by Crippen LogP contribution is -2.44. The molecule has 2 saturated heterocycles. The lowest BCUT2D eigenvalue weighted by atomic mass is 10.1. The van der Waals surface area contributed by atoms with E-state index in [1.807, 2.05) is 10.3 Å². The topological polar surface area (TPSA) is 45.7 Å². The van der Waals surface area contributed by atoms with Gasteiger partial charge in [0.1, 0.15) is 6.10 Å². The molecule has 1 aromatic heterocycles. The number of hydrogen-bond acceptors (Lipinski definition) is 5. The third-order valence-corrected chi connectivity index (χ3v) is 4.69. The molecule has 0 aromatic carbocycles. The van der Waals surface area contributed by atoms with Crippen molar-refractivity contribution in [2.45, 2.75) is 31.8 Å². The van der Waals surface area contributed by atoms with E-state index in [-0.39, 0.29) is 6.10 Å². The molecule has 0 saturated carbocycles. The molecule has 6 heteroatoms. The molecule has 2 fully saturated rings. The summed E-state index contributed by atoms with van der Waals surface area (Å²) >= 11 is 1.54. The third kappa shape index (κ3) is 3.49. The monoisotopic (exact) mass is 295 g/mol. The number of amides is 1. The molecule has 1 aromatic rings. The molecule has 0 N–H and O–H groups in total. The van der Waals surface area contributed by atoms with Crippen LogP contribution in [0.3, 0.4) is 0 Å². The zero-order valence-corrected chi connectivity index (χ0v) is 12.5. The van der Waals surface area contributed by atoms with Crippen molar-refractivity contribution in [3.8, 4) is 5.19 Å². The van der Waals surface area contributed by atoms with Gasteiger partial charge >= 0.3 is 0 Å². The van der Waals surface area contributed by atoms with Crippen LogP contribution in [0.15, 0.2) is 11.6 Å². The Bertz CT molecular complexity index is 424. The minimum Gasteiger partial charge on any atom is -0.467 e. The Morgan fingerprint density at radius 1 is 1.30 bits per heavy atom. The van der Waals surface area contributed by atoms with Crippen molar-refractivity contribution in [1.82, 2.24) is 14.8 Å². The average Bonchev–Trinajstić information content (AvgIpc) is 3.13. The average molecular weight is 295 g/mol. The van der Waals surface area contributed by atoms with Crippen molar-refractivity contribution in [3.05, 3.63) is 11.6 Å². The molecule has 3 rings (SSSR count). The minimum absolute atomic E-state index is 0.249. The van der Waals surface area contributed by atoms with E-state index in [4.69, 9.17) is 4.74 Å². The Kier molecular flexibility index (Phi) is 4.52. The van der Waals surface area contributed by atoms with Crippen LogP contribution in [0.2, 0.25) is 0 Å². The second-order valence-electron chi connectivity index (χ2n) is 5.48. The van der Waals surface area contributed by atoms with Crippen molar-refractivity contribution >= 4 is 17.2 Å². The van der Waals surface area contributed by atoms with Gasteiger partial charge in [-0.05, 0) is 25.7 Å². The number of thiazole rings is 1. The molecule has 0 bridgehead atoms. The second kappa shape index (κ2) is 6.54. The highest BCUT2D eigenvalue weighted by molar-refractivity contribution is 7.11. The summed E-state index contributed by atoms with van der Waals surface area (Å²) in [5.41, 5.74) is 0. The molecule has 110 valence electrons. The van der Waals surface area contributed by atoms with Crippen molar-refractivity contribution in [1.29, 1.82) is 0 Å². The van der Waals surface area contributed by atoms with E-state index in [0.717, 1.165) is 57.1 Å². The maximum atomic E-state index is 12.1. The first-order valence-electron chi connectivity index (χ1n) is 7.37. The Morgan fingerprint density at radius 3 is 2.70 bits per heavy atom. The van der Waals surface area contributed by atoms with Crippen LogP contribution < -0.4 is 4.74 Å². The largest absolute Gasteiger partial charge is 0.467 e. The summed E-state index contributed by atoms with van der Waals surface area (Å²) in [4.78, 5) is 20.5. The van der Waals surface area contributed by atoms with E-state index in [1.165, 1.54) is 11.3 Å². The van der Waals surface area contributed by atoms with Gasteiger partial charge in [0.05, 0.1) is 6.54 Å². The van der Waals surface area contributed by atoms with Crippen LogP contribution >= 0.6 is 11.3 Å². The normalized spacial score (nSPS) is 21.3. The zero-order chi connectivity index (χ0) is 13.8. The molecule has 1 amide bonds. The summed E-state index contributed by atoms with van der Waals surface area (Å²) in [5.74, 6) is 0.293. The van der Waals surface area contributed by atoms with Gasteiger partial charge in [-0.1, -0.05) is 11.3 Å². The van der Waals surface area contributed by atoms with Crippen LogP contribution in [-0.2, 0) is 4.79 Å². The summed E-state index contributed by atoms with van der Waals surface area (Å²) in [6.07, 6.45) is 6.30. The summed E-state index contributed by atoms with van der Waals surface area (Å²) in [6.45, 7) is 4.35. The van der Waals surface area contributed by atoms with Crippen LogP contribution in [0.1, 0.15) is 25.7 Å². The van der Waals surface area contributed by atoms with E-state index < -0.39 is 0 Å². The number of ether oxygens (including phenoxy) is 1. The number of hydrogen-bond donors (Lipinski definition) is 0. The number of carbonyl (C=O) groups excluding carboxylic acids is 1. The predicted octanol–water partition coefficient (Wildman–Crippen LogP) is 1.61. The predicted molar refractivity (Wildman–Crippen MR) is 78.0 cm³/mol. The summed E-state index contributed by atoms with van der Waals surface area (Å²) in [7, 11) is 0. The lowest BCUT2D eigenvalue weighted by molar-refractivity contribution is -0.131. The fraction of sp³-hybridized carbons (Fsp3) is 0.714. The highest BCUT2D eigenvalue weighted by Gasteiger charge is 2.25. The van der Waals surface area contributed by atoms with Crippen LogP contribution in [-0.4, -0.2) is 59.5 Å². The molecular weight excluding hydrogens is 274 g/mol. The second-order valence-corrected chi connectivity index (χ2v) is 6.34. The fourth-order valence-electron chi connectivity index (χ4n) is 2.85. The summed E-state index contributed by atoms with van der Waals surface area (Å²) in [5, 5.41) is 2.69. The van der Waals surface area contributed by atoms with Crippen LogP contribution in [0, 0.1) is 0 Å². The lowest BCUT2D eigenvalue weighted by Gasteiger charge is -2.32. The van der Waals surface area contributed by atoms with Gasteiger partial charge < -0.3 is 9.64 Å². The van der Waals surface area contributed by atoms with Crippen molar-refractivity contribution in [2.75, 3.05) is 32.7 Å². The third-order valence-electron chi connectivity index (χ3n) is 4.03. The molecule has 3 heterocycles. The number of nitrogens with zero attached hydrogens (tertiary/aromatic N) is 3. The number of piperidine rings is 1. The number of likely N-dealkylation sites (tertiary alicyclic amines) is 2. The first kappa shape index (κ1) is 13.8. The molecule has 0 aliphatic carbocycles. The Balaban J connectivity index is 1.40. The Hall–Kier alpha value is -1.14. The maximum absolute atomic E-state index is 12.1. The van der Waals surface area contributed by atoms with E-state index >= 15 is 0 Å². The van der Waals surface area contributed by atoms with Crippen LogP contribution in [0.4, 0.5) is 0 Å². The summed E-state index contributed by atoms with van der Waals surface area (Å²) in [6, 6.07) is 0. The molecular formula is C14H21N3O2S. The Labute approximate surface area is 123 Å². The van der Waals surface area contributed by atoms with Crippen molar-refractivity contribution < 1.29 is 9.53 Å². The van der Waals surface area contributed by atoms with Crippen LogP contribution in [0.5, 0.6) is 5.19 Å². The van der Waals surface area contributed by atoms with Gasteiger partial charge in [0.2, 0.25) is 5.91 Å². The van der Waals surface area contributed by atoms with Gasteiger partial charge in [-0.3, -0.25) is 9.69 Å². The van der Waals surface area contributed by atoms with Crippen molar-refractivity contribution in [2.24, 2.45) is 0 Å². The minimum atomic E-state index is 0.249. The molecule has 0 spiro atoms. The van der Waals surface area contributed by atoms with E-state index in [2.05, 4.69) is 9.88 Å². The smallest absolute Gasteiger partial charge is 0.273 e. The molecule has 0 atom stereocenters. The fourth-order valence-corrected chi connectivity index (χ4v) is 3.41. The molecule has 0 unspecified atom stereocenters. The standard InChI is InChI=1S/C14H21N3O2S/c18-13(17-6-1-2-7-17)11-16-8-3-12(4-9-16)19-14-15-5-10-20-14/h5,10,12H,1-4,6-9,11H2. The maximum Gasteiger partial charge on any atom is 0.273 e. The first-order valence-corrected chi connectivity index (χ1v) is 8.25. The number of rotatable bonds is 4. The van der Waals surface area contributed by atoms with Crippen LogP contribution in [0.25, 0.3) is 0 Å². The SMILES string of the molecule is O=C(CN1CCC(Oc2nccs2)CC1)N1CCCC1. The zero-order valence-electron chi connectivity index (χ0n) is 11.7. The van der Waals surface area contributed by atoms with Gasteiger partial charge in [-0.15, -0.1) is 0 Å². The quantitative estimate of drug-likeness (QED) is 0.846. The molecule has 20 heavy (non-hydrogen) atoms. The van der Waals surface area contributed by atoms with Gasteiger partial charge in [0.15, 0.2) is 0 Å². The number of aromatic nitrogens is 1.